The first kappa shape index (κ1) is 13.6. The topological polar surface area (TPSA) is 80.5 Å². The highest BCUT2D eigenvalue weighted by Crippen LogP contribution is 2.25. The van der Waals surface area contributed by atoms with Crippen molar-refractivity contribution < 1.29 is 14.4 Å². The van der Waals surface area contributed by atoms with Crippen molar-refractivity contribution in [2.24, 2.45) is 0 Å². The normalized spacial score (nSPS) is 16.7. The van der Waals surface area contributed by atoms with Crippen molar-refractivity contribution in [3.05, 3.63) is 40.7 Å². The van der Waals surface area contributed by atoms with Crippen molar-refractivity contribution in [2.75, 3.05) is 0 Å². The van der Waals surface area contributed by atoms with E-state index < -0.39 is 5.91 Å². The van der Waals surface area contributed by atoms with Crippen molar-refractivity contribution in [1.82, 2.24) is 14.7 Å². The van der Waals surface area contributed by atoms with E-state index >= 15 is 0 Å². The molecule has 0 aliphatic carbocycles. The van der Waals surface area contributed by atoms with Gasteiger partial charge in [-0.15, -0.1) is 0 Å². The largest absolute Gasteiger partial charge is 0.296 e. The number of fused-ring (bicyclic) bond motifs is 1. The molecule has 7 heteroatoms. The molecule has 0 saturated carbocycles. The van der Waals surface area contributed by atoms with Crippen LogP contribution in [0.2, 0.25) is 0 Å². The fourth-order valence-corrected chi connectivity index (χ4v) is 2.72. The number of rotatable bonds is 3. The Morgan fingerprint density at radius 1 is 1.43 bits per heavy atom. The Bertz CT molecular complexity index is 807. The summed E-state index contributed by atoms with van der Waals surface area (Å²) in [5, 5.41) is 1.82. The van der Waals surface area contributed by atoms with Crippen molar-refractivity contribution in [3.63, 3.8) is 0 Å². The number of nitrogens with one attached hydrogen (secondary N) is 1. The number of Topliss-reactive ketones (excluding diaryl/α,β-unsaturated/α-hetero) is 1. The molecule has 0 aromatic carbocycles. The van der Waals surface area contributed by atoms with E-state index in [0.29, 0.717) is 22.7 Å². The lowest BCUT2D eigenvalue weighted by atomic mass is 10.2. The van der Waals surface area contributed by atoms with Gasteiger partial charge in [0.2, 0.25) is 0 Å². The number of carbonyl (C=O) groups is 3. The van der Waals surface area contributed by atoms with E-state index in [-0.39, 0.29) is 11.0 Å². The minimum absolute atomic E-state index is 0.00420. The molecule has 1 aliphatic heterocycles. The molecule has 1 fully saturated rings. The molecule has 0 unspecified atom stereocenters. The first-order chi connectivity index (χ1) is 10.1. The molecular weight excluding hydrogens is 290 g/mol. The lowest BCUT2D eigenvalue weighted by Gasteiger charge is -2.01. The third kappa shape index (κ3) is 2.47. The number of hydrogen-bond donors (Lipinski definition) is 1. The molecule has 2 aromatic heterocycles. The van der Waals surface area contributed by atoms with Gasteiger partial charge in [0.05, 0.1) is 11.1 Å². The van der Waals surface area contributed by atoms with Gasteiger partial charge in [-0.3, -0.25) is 24.1 Å². The summed E-state index contributed by atoms with van der Waals surface area (Å²) in [6.45, 7) is 1.79. The molecule has 3 heterocycles. The Balaban J connectivity index is 2.05. The van der Waals surface area contributed by atoms with Crippen LogP contribution in [0.5, 0.6) is 0 Å². The molecular formula is C14H11N3O3S. The summed E-state index contributed by atoms with van der Waals surface area (Å²) in [5.74, 6) is -0.406. The Kier molecular flexibility index (Phi) is 3.34. The van der Waals surface area contributed by atoms with Crippen LogP contribution in [0.4, 0.5) is 4.79 Å². The second-order valence-electron chi connectivity index (χ2n) is 4.46. The average molecular weight is 301 g/mol. The van der Waals surface area contributed by atoms with E-state index in [4.69, 9.17) is 0 Å². The SMILES string of the molecule is CCC(=O)c1cnc2ccc(/C=C3\SC(=O)NC3=O)cn12. The van der Waals surface area contributed by atoms with Gasteiger partial charge in [-0.1, -0.05) is 6.92 Å². The van der Waals surface area contributed by atoms with Gasteiger partial charge in [0.15, 0.2) is 5.78 Å². The van der Waals surface area contributed by atoms with Crippen LogP contribution in [0.15, 0.2) is 29.4 Å². The molecule has 1 N–H and O–H groups in total. The van der Waals surface area contributed by atoms with E-state index in [0.717, 1.165) is 17.3 Å². The lowest BCUT2D eigenvalue weighted by Crippen LogP contribution is -2.17. The van der Waals surface area contributed by atoms with Gasteiger partial charge < -0.3 is 0 Å². The van der Waals surface area contributed by atoms with Crippen LogP contribution >= 0.6 is 11.8 Å². The Hall–Kier alpha value is -2.41. The number of thioether (sulfide) groups is 1. The van der Waals surface area contributed by atoms with Crippen LogP contribution in [0, 0.1) is 0 Å². The Labute approximate surface area is 124 Å². The van der Waals surface area contributed by atoms with Crippen LogP contribution in [0.1, 0.15) is 29.4 Å². The summed E-state index contributed by atoms with van der Waals surface area (Å²) in [5.41, 5.74) is 1.89. The summed E-state index contributed by atoms with van der Waals surface area (Å²) in [4.78, 5) is 39.0. The maximum atomic E-state index is 11.9. The molecule has 0 spiro atoms. The van der Waals surface area contributed by atoms with Gasteiger partial charge >= 0.3 is 0 Å². The zero-order chi connectivity index (χ0) is 15.0. The average Bonchev–Trinajstić information content (AvgIpc) is 3.01. The summed E-state index contributed by atoms with van der Waals surface area (Å²) >= 11 is 0.861. The highest BCUT2D eigenvalue weighted by atomic mass is 32.2. The van der Waals surface area contributed by atoms with Gasteiger partial charge in [-0.2, -0.15) is 0 Å². The molecule has 1 saturated heterocycles. The standard InChI is InChI=1S/C14H11N3O3S/c1-2-10(18)9-6-15-12-4-3-8(7-17(9)12)5-11-13(19)16-14(20)21-11/h3-7H,2H2,1H3,(H,16,19,20)/b11-5-. The van der Waals surface area contributed by atoms with Crippen molar-refractivity contribution in [1.29, 1.82) is 0 Å². The maximum absolute atomic E-state index is 11.9. The third-order valence-corrected chi connectivity index (χ3v) is 3.89. The minimum atomic E-state index is -0.402. The summed E-state index contributed by atoms with van der Waals surface area (Å²) < 4.78 is 1.69. The number of pyridine rings is 1. The van der Waals surface area contributed by atoms with Crippen molar-refractivity contribution in [2.45, 2.75) is 13.3 Å². The van der Waals surface area contributed by atoms with E-state index in [1.807, 2.05) is 0 Å². The molecule has 106 valence electrons. The van der Waals surface area contributed by atoms with Gasteiger partial charge in [-0.25, -0.2) is 4.98 Å². The number of carbonyl (C=O) groups excluding carboxylic acids is 3. The van der Waals surface area contributed by atoms with Crippen LogP contribution in [-0.2, 0) is 4.79 Å². The number of amides is 2. The van der Waals surface area contributed by atoms with Gasteiger partial charge in [0, 0.05) is 12.6 Å². The highest BCUT2D eigenvalue weighted by Gasteiger charge is 2.25. The van der Waals surface area contributed by atoms with Crippen LogP contribution < -0.4 is 5.32 Å². The fraction of sp³-hybridized carbons (Fsp3) is 0.143. The van der Waals surface area contributed by atoms with E-state index in [9.17, 15) is 14.4 Å². The fourth-order valence-electron chi connectivity index (χ4n) is 2.04. The second-order valence-corrected chi connectivity index (χ2v) is 5.48. The Morgan fingerprint density at radius 2 is 2.24 bits per heavy atom. The summed E-state index contributed by atoms with van der Waals surface area (Å²) in [7, 11) is 0. The molecule has 1 aliphatic rings. The smallest absolute Gasteiger partial charge is 0.290 e. The zero-order valence-corrected chi connectivity index (χ0v) is 11.9. The molecule has 0 bridgehead atoms. The number of imidazole rings is 1. The van der Waals surface area contributed by atoms with Gasteiger partial charge in [0.25, 0.3) is 11.1 Å². The number of nitrogens with zero attached hydrogens (tertiary/aromatic N) is 2. The molecule has 2 amide bonds. The van der Waals surface area contributed by atoms with Gasteiger partial charge in [0.1, 0.15) is 11.3 Å². The van der Waals surface area contributed by atoms with Crippen LogP contribution in [0.3, 0.4) is 0 Å². The predicted octanol–water partition coefficient (Wildman–Crippen LogP) is 2.25. The first-order valence-electron chi connectivity index (χ1n) is 6.33. The van der Waals surface area contributed by atoms with Crippen LogP contribution in [-0.4, -0.2) is 26.3 Å². The van der Waals surface area contributed by atoms with Crippen molar-refractivity contribution >= 4 is 40.4 Å². The molecule has 3 rings (SSSR count). The van der Waals surface area contributed by atoms with E-state index in [1.165, 1.54) is 0 Å². The number of ketones is 1. The van der Waals surface area contributed by atoms with E-state index in [1.54, 1.807) is 41.9 Å². The second kappa shape index (κ2) is 5.17. The Morgan fingerprint density at radius 3 is 2.90 bits per heavy atom. The van der Waals surface area contributed by atoms with Gasteiger partial charge in [-0.05, 0) is 35.5 Å². The van der Waals surface area contributed by atoms with Crippen LogP contribution in [0.25, 0.3) is 11.7 Å². The molecule has 21 heavy (non-hydrogen) atoms. The molecule has 0 atom stereocenters. The summed E-state index contributed by atoms with van der Waals surface area (Å²) in [6, 6.07) is 3.55. The first-order valence-corrected chi connectivity index (χ1v) is 7.15. The lowest BCUT2D eigenvalue weighted by molar-refractivity contribution is -0.115. The quantitative estimate of drug-likeness (QED) is 0.694. The minimum Gasteiger partial charge on any atom is -0.296 e. The predicted molar refractivity (Wildman–Crippen MR) is 78.9 cm³/mol. The molecule has 0 radical (unpaired) electrons. The third-order valence-electron chi connectivity index (χ3n) is 3.08. The number of aromatic nitrogens is 2. The van der Waals surface area contributed by atoms with E-state index in [2.05, 4.69) is 10.3 Å². The highest BCUT2D eigenvalue weighted by molar-refractivity contribution is 8.18. The zero-order valence-electron chi connectivity index (χ0n) is 11.1. The molecule has 6 nitrogen and oxygen atoms in total. The summed E-state index contributed by atoms with van der Waals surface area (Å²) in [6.07, 6.45) is 5.28. The number of imide groups is 1. The number of hydrogen-bond acceptors (Lipinski definition) is 5. The van der Waals surface area contributed by atoms with Crippen molar-refractivity contribution in [3.8, 4) is 0 Å². The maximum Gasteiger partial charge on any atom is 0.290 e. The molecule has 2 aromatic rings. The monoisotopic (exact) mass is 301 g/mol.